The van der Waals surface area contributed by atoms with Gasteiger partial charge in [0.15, 0.2) is 5.11 Å². The second-order valence-electron chi connectivity index (χ2n) is 5.81. The highest BCUT2D eigenvalue weighted by Crippen LogP contribution is 2.12. The Bertz CT molecular complexity index is 524. The molecule has 1 amide bonds. The average Bonchev–Trinajstić information content (AvgIpc) is 2.53. The van der Waals surface area contributed by atoms with Crippen LogP contribution in [0.15, 0.2) is 24.3 Å². The van der Waals surface area contributed by atoms with E-state index >= 15 is 0 Å². The summed E-state index contributed by atoms with van der Waals surface area (Å²) < 4.78 is 0. The molecule has 1 saturated heterocycles. The van der Waals surface area contributed by atoms with Crippen molar-refractivity contribution in [3.05, 3.63) is 35.4 Å². The van der Waals surface area contributed by atoms with Crippen LogP contribution in [-0.4, -0.2) is 54.0 Å². The second-order valence-corrected chi connectivity index (χ2v) is 6.20. The number of carbonyl (C=O) groups excluding carboxylic acids is 1. The van der Waals surface area contributed by atoms with E-state index in [1.165, 1.54) is 0 Å². The second kappa shape index (κ2) is 8.25. The van der Waals surface area contributed by atoms with Crippen molar-refractivity contribution in [1.82, 2.24) is 15.1 Å². The molecule has 1 aromatic carbocycles. The van der Waals surface area contributed by atoms with Crippen LogP contribution in [-0.2, 0) is 6.42 Å². The van der Waals surface area contributed by atoms with Crippen LogP contribution in [0.25, 0.3) is 0 Å². The highest BCUT2D eigenvalue weighted by atomic mass is 32.1. The number of nitrogens with zero attached hydrogens (tertiary/aromatic N) is 2. The van der Waals surface area contributed by atoms with E-state index in [0.717, 1.165) is 56.6 Å². The molecule has 120 valence electrons. The van der Waals surface area contributed by atoms with Gasteiger partial charge in [0.1, 0.15) is 0 Å². The summed E-state index contributed by atoms with van der Waals surface area (Å²) in [5.41, 5.74) is 1.84. The summed E-state index contributed by atoms with van der Waals surface area (Å²) in [6.07, 6.45) is 3.14. The molecular weight excluding hydrogens is 294 g/mol. The number of piperazine rings is 1. The predicted octanol–water partition coefficient (Wildman–Crippen LogP) is 2.29. The number of hydrogen-bond acceptors (Lipinski definition) is 3. The highest BCUT2D eigenvalue weighted by molar-refractivity contribution is 7.80. The van der Waals surface area contributed by atoms with Gasteiger partial charge in [-0.3, -0.25) is 10.1 Å². The Balaban J connectivity index is 1.98. The van der Waals surface area contributed by atoms with Gasteiger partial charge in [0.05, 0.1) is 0 Å². The summed E-state index contributed by atoms with van der Waals surface area (Å²) in [7, 11) is 2.10. The third kappa shape index (κ3) is 4.52. The smallest absolute Gasteiger partial charge is 0.257 e. The van der Waals surface area contributed by atoms with Gasteiger partial charge in [0.2, 0.25) is 0 Å². The molecule has 5 heteroatoms. The van der Waals surface area contributed by atoms with E-state index in [0.29, 0.717) is 5.11 Å². The fraction of sp³-hybridized carbons (Fsp3) is 0.529. The molecular formula is C17H25N3OS. The number of thiocarbonyl (C=S) groups is 1. The minimum absolute atomic E-state index is 0.0874. The van der Waals surface area contributed by atoms with Crippen molar-refractivity contribution < 1.29 is 4.79 Å². The first kappa shape index (κ1) is 16.9. The number of carbonyl (C=O) groups is 1. The molecule has 1 aliphatic rings. The number of rotatable bonds is 4. The van der Waals surface area contributed by atoms with Crippen LogP contribution in [0.2, 0.25) is 0 Å². The average molecular weight is 319 g/mol. The molecule has 1 fully saturated rings. The molecule has 0 saturated carbocycles. The fourth-order valence-electron chi connectivity index (χ4n) is 2.58. The quantitative estimate of drug-likeness (QED) is 0.864. The largest absolute Gasteiger partial charge is 0.346 e. The number of unbranched alkanes of at least 4 members (excludes halogenated alkanes) is 1. The maximum absolute atomic E-state index is 12.5. The third-order valence-electron chi connectivity index (χ3n) is 4.07. The first-order valence-electron chi connectivity index (χ1n) is 7.98. The zero-order valence-electron chi connectivity index (χ0n) is 13.5. The monoisotopic (exact) mass is 319 g/mol. The van der Waals surface area contributed by atoms with Crippen LogP contribution >= 0.6 is 12.2 Å². The van der Waals surface area contributed by atoms with E-state index in [4.69, 9.17) is 12.2 Å². The lowest BCUT2D eigenvalue weighted by Crippen LogP contribution is -2.51. The lowest BCUT2D eigenvalue weighted by Gasteiger charge is -2.34. The number of aryl methyl sites for hydroxylation is 1. The van der Waals surface area contributed by atoms with Gasteiger partial charge < -0.3 is 9.80 Å². The van der Waals surface area contributed by atoms with E-state index in [9.17, 15) is 4.79 Å². The van der Waals surface area contributed by atoms with Gasteiger partial charge in [-0.1, -0.05) is 31.5 Å². The topological polar surface area (TPSA) is 35.6 Å². The molecule has 1 aromatic rings. The predicted molar refractivity (Wildman–Crippen MR) is 94.2 cm³/mol. The molecule has 0 radical (unpaired) electrons. The first-order valence-corrected chi connectivity index (χ1v) is 8.39. The minimum atomic E-state index is -0.0874. The van der Waals surface area contributed by atoms with Crippen LogP contribution < -0.4 is 5.32 Å². The van der Waals surface area contributed by atoms with Crippen LogP contribution in [0.4, 0.5) is 0 Å². The standard InChI is InChI=1S/C17H25N3OS/c1-3-4-7-14-8-5-6-9-15(14)16(21)18-17(22)20-12-10-19(2)11-13-20/h5-6,8-9H,3-4,7,10-13H2,1-2H3,(H,18,21,22). The summed E-state index contributed by atoms with van der Waals surface area (Å²) in [5, 5.41) is 3.44. The molecule has 0 bridgehead atoms. The fourth-order valence-corrected chi connectivity index (χ4v) is 2.86. The molecule has 4 nitrogen and oxygen atoms in total. The number of nitrogens with one attached hydrogen (secondary N) is 1. The van der Waals surface area contributed by atoms with E-state index in [1.54, 1.807) is 0 Å². The van der Waals surface area contributed by atoms with Crippen LogP contribution in [0, 0.1) is 0 Å². The molecule has 0 aromatic heterocycles. The molecule has 1 N–H and O–H groups in total. The van der Waals surface area contributed by atoms with Crippen molar-refractivity contribution in [3.63, 3.8) is 0 Å². The van der Waals surface area contributed by atoms with E-state index < -0.39 is 0 Å². The lowest BCUT2D eigenvalue weighted by atomic mass is 10.0. The molecule has 0 atom stereocenters. The summed E-state index contributed by atoms with van der Waals surface area (Å²) in [5.74, 6) is -0.0874. The third-order valence-corrected chi connectivity index (χ3v) is 4.43. The summed E-state index contributed by atoms with van der Waals surface area (Å²) in [6.45, 7) is 5.84. The Morgan fingerprint density at radius 3 is 2.59 bits per heavy atom. The molecule has 0 aliphatic carbocycles. The van der Waals surface area contributed by atoms with Gasteiger partial charge in [-0.2, -0.15) is 0 Å². The Morgan fingerprint density at radius 1 is 1.23 bits per heavy atom. The normalized spacial score (nSPS) is 15.6. The van der Waals surface area contributed by atoms with Crippen molar-refractivity contribution in [3.8, 4) is 0 Å². The van der Waals surface area contributed by atoms with Gasteiger partial charge in [0, 0.05) is 31.7 Å². The summed E-state index contributed by atoms with van der Waals surface area (Å²) in [4.78, 5) is 16.8. The van der Waals surface area contributed by atoms with Gasteiger partial charge in [0.25, 0.3) is 5.91 Å². The lowest BCUT2D eigenvalue weighted by molar-refractivity contribution is 0.0970. The van der Waals surface area contributed by atoms with Crippen molar-refractivity contribution in [2.75, 3.05) is 33.2 Å². The van der Waals surface area contributed by atoms with Crippen LogP contribution in [0.1, 0.15) is 35.7 Å². The van der Waals surface area contributed by atoms with E-state index in [1.807, 2.05) is 24.3 Å². The molecule has 0 unspecified atom stereocenters. The molecule has 0 spiro atoms. The molecule has 2 rings (SSSR count). The zero-order chi connectivity index (χ0) is 15.9. The highest BCUT2D eigenvalue weighted by Gasteiger charge is 2.19. The van der Waals surface area contributed by atoms with Crippen molar-refractivity contribution in [1.29, 1.82) is 0 Å². The number of amides is 1. The van der Waals surface area contributed by atoms with Gasteiger partial charge in [-0.15, -0.1) is 0 Å². The Kier molecular flexibility index (Phi) is 6.34. The maximum atomic E-state index is 12.5. The number of benzene rings is 1. The number of likely N-dealkylation sites (N-methyl/N-ethyl adjacent to an activating group) is 1. The van der Waals surface area contributed by atoms with Crippen molar-refractivity contribution in [2.45, 2.75) is 26.2 Å². The van der Waals surface area contributed by atoms with Gasteiger partial charge >= 0.3 is 0 Å². The van der Waals surface area contributed by atoms with Gasteiger partial charge in [-0.05, 0) is 43.7 Å². The maximum Gasteiger partial charge on any atom is 0.257 e. The Morgan fingerprint density at radius 2 is 1.91 bits per heavy atom. The van der Waals surface area contributed by atoms with Crippen molar-refractivity contribution >= 4 is 23.2 Å². The summed E-state index contributed by atoms with van der Waals surface area (Å²) >= 11 is 5.40. The first-order chi connectivity index (χ1) is 10.6. The Hall–Kier alpha value is -1.46. The van der Waals surface area contributed by atoms with E-state index in [2.05, 4.69) is 29.1 Å². The van der Waals surface area contributed by atoms with Gasteiger partial charge in [-0.25, -0.2) is 0 Å². The number of hydrogen-bond donors (Lipinski definition) is 1. The Labute approximate surface area is 138 Å². The SMILES string of the molecule is CCCCc1ccccc1C(=O)NC(=S)N1CCN(C)CC1. The zero-order valence-corrected chi connectivity index (χ0v) is 14.3. The molecule has 1 heterocycles. The minimum Gasteiger partial charge on any atom is -0.346 e. The summed E-state index contributed by atoms with van der Waals surface area (Å²) in [6, 6.07) is 7.81. The van der Waals surface area contributed by atoms with Crippen LogP contribution in [0.3, 0.4) is 0 Å². The molecule has 1 aliphatic heterocycles. The van der Waals surface area contributed by atoms with E-state index in [-0.39, 0.29) is 5.91 Å². The molecule has 22 heavy (non-hydrogen) atoms. The van der Waals surface area contributed by atoms with Crippen molar-refractivity contribution in [2.24, 2.45) is 0 Å². The van der Waals surface area contributed by atoms with Crippen LogP contribution in [0.5, 0.6) is 0 Å².